The normalized spacial score (nSPS) is 10.8. The van der Waals surface area contributed by atoms with E-state index >= 15 is 0 Å². The number of nitro groups is 1. The fourth-order valence-corrected chi connectivity index (χ4v) is 3.66. The maximum Gasteiger partial charge on any atom is 0.353 e. The molecule has 0 aliphatic rings. The minimum Gasteiger partial charge on any atom is -0.334 e. The Kier molecular flexibility index (Phi) is 4.76. The molecule has 0 radical (unpaired) electrons. The number of fused-ring (bicyclic) bond motifs is 1. The van der Waals surface area contributed by atoms with Crippen LogP contribution in [0.15, 0.2) is 48.8 Å². The molecule has 0 unspecified atom stereocenters. The van der Waals surface area contributed by atoms with Gasteiger partial charge in [-0.25, -0.2) is 15.0 Å². The van der Waals surface area contributed by atoms with Gasteiger partial charge in [-0.3, -0.25) is 10.1 Å². The number of rotatable bonds is 5. The van der Waals surface area contributed by atoms with Crippen molar-refractivity contribution in [1.29, 1.82) is 0 Å². The van der Waals surface area contributed by atoms with Crippen molar-refractivity contribution in [2.75, 3.05) is 10.6 Å². The van der Waals surface area contributed by atoms with E-state index in [2.05, 4.69) is 25.6 Å². The summed E-state index contributed by atoms with van der Waals surface area (Å²) in [6, 6.07) is 12.8. The average molecular weight is 413 g/mol. The molecule has 0 fully saturated rings. The van der Waals surface area contributed by atoms with Crippen molar-refractivity contribution < 1.29 is 4.92 Å². The zero-order valence-corrected chi connectivity index (χ0v) is 16.1. The minimum absolute atomic E-state index is 0.0567. The Morgan fingerprint density at radius 3 is 2.61 bits per heavy atom. The third-order valence-electron chi connectivity index (χ3n) is 3.98. The molecule has 2 N–H and O–H groups in total. The van der Waals surface area contributed by atoms with Crippen LogP contribution in [0.1, 0.15) is 5.56 Å². The van der Waals surface area contributed by atoms with Crippen LogP contribution in [0, 0.1) is 17.0 Å². The largest absolute Gasteiger partial charge is 0.353 e. The van der Waals surface area contributed by atoms with Crippen LogP contribution in [0.4, 0.5) is 28.1 Å². The fourth-order valence-electron chi connectivity index (χ4n) is 2.62. The summed E-state index contributed by atoms with van der Waals surface area (Å²) in [6.45, 7) is 1.87. The summed E-state index contributed by atoms with van der Waals surface area (Å²) in [7, 11) is 0. The van der Waals surface area contributed by atoms with Gasteiger partial charge in [0.25, 0.3) is 0 Å². The van der Waals surface area contributed by atoms with Crippen LogP contribution in [0.2, 0.25) is 5.02 Å². The van der Waals surface area contributed by atoms with E-state index in [1.165, 1.54) is 17.7 Å². The van der Waals surface area contributed by atoms with E-state index in [1.807, 2.05) is 37.3 Å². The first-order chi connectivity index (χ1) is 13.5. The molecule has 4 rings (SSSR count). The number of benzene rings is 2. The van der Waals surface area contributed by atoms with Gasteiger partial charge in [-0.05, 0) is 36.8 Å². The number of nitrogens with zero attached hydrogens (tertiary/aromatic N) is 4. The maximum atomic E-state index is 11.7. The summed E-state index contributed by atoms with van der Waals surface area (Å²) >= 11 is 7.42. The van der Waals surface area contributed by atoms with Crippen molar-refractivity contribution in [3.05, 3.63) is 69.5 Å². The summed E-state index contributed by atoms with van der Waals surface area (Å²) in [4.78, 5) is 23.7. The molecule has 0 atom stereocenters. The number of thiazole rings is 1. The molecule has 0 saturated carbocycles. The second-order valence-corrected chi connectivity index (χ2v) is 7.34. The molecule has 8 nitrogen and oxygen atoms in total. The molecule has 0 amide bonds. The molecule has 2 heterocycles. The fraction of sp³-hybridized carbons (Fsp3) is 0.0556. The van der Waals surface area contributed by atoms with Crippen molar-refractivity contribution >= 4 is 61.3 Å². The molecule has 10 heteroatoms. The van der Waals surface area contributed by atoms with Crippen LogP contribution in [-0.4, -0.2) is 19.9 Å². The zero-order valence-electron chi connectivity index (χ0n) is 14.5. The molecule has 2 aromatic heterocycles. The van der Waals surface area contributed by atoms with Gasteiger partial charge in [-0.15, -0.1) is 0 Å². The van der Waals surface area contributed by atoms with Gasteiger partial charge in [0.2, 0.25) is 11.6 Å². The summed E-state index contributed by atoms with van der Waals surface area (Å²) in [6.07, 6.45) is 1.25. The van der Waals surface area contributed by atoms with Crippen molar-refractivity contribution in [3.8, 4) is 0 Å². The quantitative estimate of drug-likeness (QED) is 0.332. The smallest absolute Gasteiger partial charge is 0.334 e. The predicted molar refractivity (Wildman–Crippen MR) is 111 cm³/mol. The Morgan fingerprint density at radius 2 is 1.86 bits per heavy atom. The van der Waals surface area contributed by atoms with Gasteiger partial charge in [0, 0.05) is 10.7 Å². The highest BCUT2D eigenvalue weighted by atomic mass is 35.5. The van der Waals surface area contributed by atoms with Gasteiger partial charge in [-0.1, -0.05) is 41.1 Å². The Labute approximate surface area is 168 Å². The van der Waals surface area contributed by atoms with Gasteiger partial charge in [0.15, 0.2) is 5.13 Å². The first kappa shape index (κ1) is 18.1. The van der Waals surface area contributed by atoms with Crippen LogP contribution in [0.3, 0.4) is 0 Å². The second kappa shape index (κ2) is 7.37. The lowest BCUT2D eigenvalue weighted by Gasteiger charge is -2.11. The average Bonchev–Trinajstić information content (AvgIpc) is 3.07. The lowest BCUT2D eigenvalue weighted by Crippen LogP contribution is -2.06. The SMILES string of the molecule is Cc1ccc(Cl)cc1Nc1ncnc(Nc2nc3ccccc3s2)c1[N+](=O)[O-]. The van der Waals surface area contributed by atoms with Gasteiger partial charge in [0.05, 0.1) is 15.1 Å². The molecule has 0 aliphatic carbocycles. The highest BCUT2D eigenvalue weighted by Crippen LogP contribution is 2.36. The Hall–Kier alpha value is -3.30. The summed E-state index contributed by atoms with van der Waals surface area (Å²) in [5.74, 6) is 0.121. The summed E-state index contributed by atoms with van der Waals surface area (Å²) in [5, 5.41) is 18.7. The number of anilines is 4. The standard InChI is InChI=1S/C18H13ClN6O2S/c1-10-6-7-11(19)8-13(10)22-16-15(25(26)27)17(21-9-20-16)24-18-23-12-4-2-3-5-14(12)28-18/h2-9H,1H3,(H2,20,21,22,23,24). The van der Waals surface area contributed by atoms with Crippen molar-refractivity contribution in [2.24, 2.45) is 0 Å². The number of hydrogen-bond acceptors (Lipinski definition) is 8. The van der Waals surface area contributed by atoms with Crippen molar-refractivity contribution in [2.45, 2.75) is 6.92 Å². The first-order valence-corrected chi connectivity index (χ1v) is 9.36. The lowest BCUT2D eigenvalue weighted by atomic mass is 10.2. The molecule has 4 aromatic rings. The van der Waals surface area contributed by atoms with Crippen LogP contribution < -0.4 is 10.6 Å². The summed E-state index contributed by atoms with van der Waals surface area (Å²) < 4.78 is 0.967. The third kappa shape index (κ3) is 3.57. The van der Waals surface area contributed by atoms with Gasteiger partial charge in [-0.2, -0.15) is 0 Å². The maximum absolute atomic E-state index is 11.7. The van der Waals surface area contributed by atoms with Gasteiger partial charge >= 0.3 is 5.69 Å². The molecule has 0 aliphatic heterocycles. The Morgan fingerprint density at radius 1 is 1.11 bits per heavy atom. The molecule has 0 bridgehead atoms. The lowest BCUT2D eigenvalue weighted by molar-refractivity contribution is -0.383. The summed E-state index contributed by atoms with van der Waals surface area (Å²) in [5.41, 5.74) is 2.03. The van der Waals surface area contributed by atoms with Crippen molar-refractivity contribution in [3.63, 3.8) is 0 Å². The molecule has 140 valence electrons. The first-order valence-electron chi connectivity index (χ1n) is 8.16. The highest BCUT2D eigenvalue weighted by Gasteiger charge is 2.24. The van der Waals surface area contributed by atoms with E-state index < -0.39 is 4.92 Å². The van der Waals surface area contributed by atoms with E-state index in [-0.39, 0.29) is 17.3 Å². The number of aryl methyl sites for hydroxylation is 1. The predicted octanol–water partition coefficient (Wildman–Crippen LogP) is 5.44. The van der Waals surface area contributed by atoms with E-state index in [0.29, 0.717) is 15.8 Å². The third-order valence-corrected chi connectivity index (χ3v) is 5.16. The van der Waals surface area contributed by atoms with Crippen LogP contribution >= 0.6 is 22.9 Å². The number of aromatic nitrogens is 3. The second-order valence-electron chi connectivity index (χ2n) is 5.87. The minimum atomic E-state index is -0.530. The van der Waals surface area contributed by atoms with E-state index in [1.54, 1.807) is 12.1 Å². The zero-order chi connectivity index (χ0) is 19.7. The molecule has 0 saturated heterocycles. The Bertz CT molecular complexity index is 1160. The van der Waals surface area contributed by atoms with E-state index in [4.69, 9.17) is 11.6 Å². The molecular formula is C18H13ClN6O2S. The molecule has 28 heavy (non-hydrogen) atoms. The van der Waals surface area contributed by atoms with E-state index in [0.717, 1.165) is 15.8 Å². The highest BCUT2D eigenvalue weighted by molar-refractivity contribution is 7.22. The molecule has 2 aromatic carbocycles. The molecular weight excluding hydrogens is 400 g/mol. The topological polar surface area (TPSA) is 106 Å². The molecule has 0 spiro atoms. The number of para-hydroxylation sites is 1. The number of nitrogens with one attached hydrogen (secondary N) is 2. The Balaban J connectivity index is 1.73. The number of hydrogen-bond donors (Lipinski definition) is 2. The van der Waals surface area contributed by atoms with Crippen LogP contribution in [-0.2, 0) is 0 Å². The van der Waals surface area contributed by atoms with Gasteiger partial charge in [0.1, 0.15) is 6.33 Å². The van der Waals surface area contributed by atoms with Gasteiger partial charge < -0.3 is 10.6 Å². The van der Waals surface area contributed by atoms with Crippen LogP contribution in [0.5, 0.6) is 0 Å². The van der Waals surface area contributed by atoms with E-state index in [9.17, 15) is 10.1 Å². The van der Waals surface area contributed by atoms with Crippen LogP contribution in [0.25, 0.3) is 10.2 Å². The van der Waals surface area contributed by atoms with Crippen molar-refractivity contribution in [1.82, 2.24) is 15.0 Å². The number of halogens is 1. The monoisotopic (exact) mass is 412 g/mol.